The van der Waals surface area contributed by atoms with Gasteiger partial charge in [-0.3, -0.25) is 0 Å². The molecule has 1 atom stereocenters. The summed E-state index contributed by atoms with van der Waals surface area (Å²) >= 11 is 4.73. The average molecular weight is 278 g/mol. The van der Waals surface area contributed by atoms with Crippen molar-refractivity contribution in [3.8, 4) is 0 Å². The molecule has 0 heterocycles. The number of thiocarbonyl (C=S) groups is 1. The van der Waals surface area contributed by atoms with Crippen LogP contribution in [0.2, 0.25) is 0 Å². The van der Waals surface area contributed by atoms with Gasteiger partial charge in [-0.25, -0.2) is 13.1 Å². The monoisotopic (exact) mass is 278 g/mol. The molecule has 100 valence electrons. The summed E-state index contributed by atoms with van der Waals surface area (Å²) in [5.41, 5.74) is 5.53. The van der Waals surface area contributed by atoms with Crippen molar-refractivity contribution in [1.82, 2.24) is 4.72 Å². The Hall–Kier alpha value is -0.200. The number of rotatable bonds is 6. The molecule has 0 bridgehead atoms. The molecule has 0 aromatic carbocycles. The number of sulfonamides is 1. The predicted octanol–water partition coefficient (Wildman–Crippen LogP) is 1.55. The third kappa shape index (κ3) is 3.63. The molecule has 0 aromatic heterocycles. The van der Waals surface area contributed by atoms with E-state index in [9.17, 15) is 8.42 Å². The maximum atomic E-state index is 11.9. The first kappa shape index (κ1) is 14.9. The van der Waals surface area contributed by atoms with Gasteiger partial charge >= 0.3 is 0 Å². The van der Waals surface area contributed by atoms with E-state index in [2.05, 4.69) is 11.6 Å². The summed E-state index contributed by atoms with van der Waals surface area (Å²) in [6.45, 7) is 4.16. The molecular formula is C11H22N2O2S2. The summed E-state index contributed by atoms with van der Waals surface area (Å²) in [4.78, 5) is 0.0227. The van der Waals surface area contributed by atoms with Crippen LogP contribution in [-0.4, -0.2) is 25.2 Å². The van der Waals surface area contributed by atoms with Crippen LogP contribution in [0.5, 0.6) is 0 Å². The van der Waals surface area contributed by atoms with E-state index < -0.39 is 15.3 Å². The lowest BCUT2D eigenvalue weighted by molar-refractivity contribution is 0.285. The molecule has 0 aliphatic heterocycles. The minimum atomic E-state index is -3.41. The molecule has 1 aliphatic rings. The molecule has 0 amide bonds. The lowest BCUT2D eigenvalue weighted by Crippen LogP contribution is -2.44. The Balaban J connectivity index is 2.63. The van der Waals surface area contributed by atoms with Crippen LogP contribution in [-0.2, 0) is 10.0 Å². The lowest BCUT2D eigenvalue weighted by atomic mass is 9.84. The predicted molar refractivity (Wildman–Crippen MR) is 74.4 cm³/mol. The topological polar surface area (TPSA) is 72.2 Å². The Morgan fingerprint density at radius 2 is 2.00 bits per heavy atom. The Kier molecular flexibility index (Phi) is 4.92. The van der Waals surface area contributed by atoms with Crippen LogP contribution in [0.25, 0.3) is 0 Å². The van der Waals surface area contributed by atoms with Crippen molar-refractivity contribution in [3.63, 3.8) is 0 Å². The summed E-state index contributed by atoms with van der Waals surface area (Å²) in [7, 11) is -3.41. The molecule has 0 spiro atoms. The summed E-state index contributed by atoms with van der Waals surface area (Å²) in [6.07, 6.45) is 5.61. The summed E-state index contributed by atoms with van der Waals surface area (Å²) < 4.78 is 26.5. The van der Waals surface area contributed by atoms with Gasteiger partial charge in [-0.2, -0.15) is 0 Å². The van der Waals surface area contributed by atoms with Crippen LogP contribution >= 0.6 is 12.2 Å². The summed E-state index contributed by atoms with van der Waals surface area (Å²) in [6, 6.07) is 0. The van der Waals surface area contributed by atoms with Gasteiger partial charge in [0, 0.05) is 6.54 Å². The van der Waals surface area contributed by atoms with Crippen LogP contribution in [0.15, 0.2) is 0 Å². The zero-order valence-corrected chi connectivity index (χ0v) is 12.2. The van der Waals surface area contributed by atoms with Crippen LogP contribution < -0.4 is 10.5 Å². The third-order valence-electron chi connectivity index (χ3n) is 3.93. The molecule has 3 N–H and O–H groups in total. The first-order chi connectivity index (χ1) is 7.83. The second-order valence-electron chi connectivity index (χ2n) is 4.97. The molecular weight excluding hydrogens is 256 g/mol. The smallest absolute Gasteiger partial charge is 0.220 e. The van der Waals surface area contributed by atoms with Gasteiger partial charge in [-0.15, -0.1) is 0 Å². The number of nitrogens with two attached hydrogens (primary N) is 1. The first-order valence-corrected chi connectivity index (χ1v) is 8.06. The second kappa shape index (κ2) is 5.63. The Morgan fingerprint density at radius 1 is 1.47 bits per heavy atom. The molecule has 1 unspecified atom stereocenters. The Bertz CT molecular complexity index is 373. The largest absolute Gasteiger partial charge is 0.392 e. The van der Waals surface area contributed by atoms with E-state index in [0.29, 0.717) is 6.54 Å². The molecule has 4 nitrogen and oxygen atoms in total. The molecule has 1 aliphatic carbocycles. The van der Waals surface area contributed by atoms with Crippen molar-refractivity contribution in [1.29, 1.82) is 0 Å². The van der Waals surface area contributed by atoms with Crippen LogP contribution in [0.4, 0.5) is 0 Å². The van der Waals surface area contributed by atoms with Crippen molar-refractivity contribution in [2.45, 2.75) is 51.2 Å². The van der Waals surface area contributed by atoms with Gasteiger partial charge < -0.3 is 5.73 Å². The maximum Gasteiger partial charge on any atom is 0.220 e. The van der Waals surface area contributed by atoms with E-state index in [-0.39, 0.29) is 10.4 Å². The van der Waals surface area contributed by atoms with Crippen molar-refractivity contribution in [2.75, 3.05) is 6.54 Å². The minimum absolute atomic E-state index is 0.0227. The number of nitrogens with one attached hydrogen (secondary N) is 1. The van der Waals surface area contributed by atoms with Gasteiger partial charge in [-0.05, 0) is 31.6 Å². The zero-order valence-electron chi connectivity index (χ0n) is 10.5. The quantitative estimate of drug-likeness (QED) is 0.723. The van der Waals surface area contributed by atoms with Gasteiger partial charge in [0.15, 0.2) is 0 Å². The molecule has 0 aromatic rings. The maximum absolute atomic E-state index is 11.9. The van der Waals surface area contributed by atoms with E-state index >= 15 is 0 Å². The molecule has 6 heteroatoms. The third-order valence-corrected chi connectivity index (χ3v) is 6.16. The number of hydrogen-bond acceptors (Lipinski definition) is 3. The van der Waals surface area contributed by atoms with E-state index in [1.807, 2.05) is 0 Å². The van der Waals surface area contributed by atoms with Gasteiger partial charge in [-0.1, -0.05) is 32.0 Å². The van der Waals surface area contributed by atoms with Gasteiger partial charge in [0.25, 0.3) is 0 Å². The molecule has 0 radical (unpaired) electrons. The Morgan fingerprint density at radius 3 is 2.41 bits per heavy atom. The summed E-state index contributed by atoms with van der Waals surface area (Å²) in [5.74, 6) is 0. The van der Waals surface area contributed by atoms with Gasteiger partial charge in [0.2, 0.25) is 10.0 Å². The Labute approximate surface area is 109 Å². The molecule has 0 saturated heterocycles. The first-order valence-electron chi connectivity index (χ1n) is 6.11. The van der Waals surface area contributed by atoms with Gasteiger partial charge in [0.05, 0.1) is 4.99 Å². The normalized spacial score (nSPS) is 21.3. The zero-order chi connectivity index (χ0) is 13.1. The van der Waals surface area contributed by atoms with Crippen LogP contribution in [0.3, 0.4) is 0 Å². The number of hydrogen-bond donors (Lipinski definition) is 2. The van der Waals surface area contributed by atoms with Gasteiger partial charge in [0.1, 0.15) is 5.25 Å². The highest BCUT2D eigenvalue weighted by Crippen LogP contribution is 2.40. The summed E-state index contributed by atoms with van der Waals surface area (Å²) in [5, 5.41) is -0.798. The minimum Gasteiger partial charge on any atom is -0.392 e. The molecule has 1 fully saturated rings. The fourth-order valence-corrected chi connectivity index (χ4v) is 3.76. The average Bonchev–Trinajstić information content (AvgIpc) is 2.75. The van der Waals surface area contributed by atoms with E-state index in [4.69, 9.17) is 18.0 Å². The fraction of sp³-hybridized carbons (Fsp3) is 0.909. The van der Waals surface area contributed by atoms with Crippen LogP contribution in [0, 0.1) is 5.41 Å². The fourth-order valence-electron chi connectivity index (χ4n) is 2.31. The highest BCUT2D eigenvalue weighted by molar-refractivity contribution is 7.93. The molecule has 17 heavy (non-hydrogen) atoms. The van der Waals surface area contributed by atoms with E-state index in [0.717, 1.165) is 19.3 Å². The highest BCUT2D eigenvalue weighted by Gasteiger charge is 2.34. The standard InChI is InChI=1S/C11H22N2O2S2/c1-3-11(6-4-5-7-11)8-13-17(14,15)9(2)10(12)16/h9,13H,3-8H2,1-2H3,(H2,12,16). The lowest BCUT2D eigenvalue weighted by Gasteiger charge is -2.28. The van der Waals surface area contributed by atoms with E-state index in [1.165, 1.54) is 19.8 Å². The van der Waals surface area contributed by atoms with Crippen molar-refractivity contribution >= 4 is 27.2 Å². The second-order valence-corrected chi connectivity index (χ2v) is 7.53. The van der Waals surface area contributed by atoms with Crippen molar-refractivity contribution in [3.05, 3.63) is 0 Å². The van der Waals surface area contributed by atoms with Crippen LogP contribution in [0.1, 0.15) is 46.0 Å². The SMILES string of the molecule is CCC1(CNS(=O)(=O)C(C)C(N)=S)CCCC1. The van der Waals surface area contributed by atoms with E-state index in [1.54, 1.807) is 0 Å². The van der Waals surface area contributed by atoms with Crippen molar-refractivity contribution < 1.29 is 8.42 Å². The molecule has 1 saturated carbocycles. The molecule has 1 rings (SSSR count). The van der Waals surface area contributed by atoms with Crippen molar-refractivity contribution in [2.24, 2.45) is 11.1 Å². The highest BCUT2D eigenvalue weighted by atomic mass is 32.2.